The van der Waals surface area contributed by atoms with E-state index >= 15 is 0 Å². The molecule has 2 fully saturated rings. The maximum absolute atomic E-state index is 13.0. The molecule has 1 heterocycles. The summed E-state index contributed by atoms with van der Waals surface area (Å²) in [4.78, 5) is 27.4. The highest BCUT2D eigenvalue weighted by Gasteiger charge is 2.56. The Labute approximate surface area is 147 Å². The molecule has 1 aliphatic heterocycles. The molecule has 2 aromatic rings. The third-order valence-corrected chi connectivity index (χ3v) is 5.99. The zero-order valence-electron chi connectivity index (χ0n) is 13.8. The number of nitrogens with zero attached hydrogens (tertiary/aromatic N) is 1. The molecule has 0 aromatic heterocycles. The third kappa shape index (κ3) is 2.12. The highest BCUT2D eigenvalue weighted by atomic mass is 16.2. The van der Waals surface area contributed by atoms with Gasteiger partial charge in [-0.3, -0.25) is 14.5 Å². The van der Waals surface area contributed by atoms with E-state index in [9.17, 15) is 9.59 Å². The molecule has 2 amide bonds. The first kappa shape index (κ1) is 14.6. The van der Waals surface area contributed by atoms with Crippen LogP contribution in [0.3, 0.4) is 0 Å². The number of imide groups is 1. The molecule has 1 saturated heterocycles. The van der Waals surface area contributed by atoms with Crippen molar-refractivity contribution in [3.05, 3.63) is 66.7 Å². The predicted octanol–water partition coefficient (Wildman–Crippen LogP) is 4.06. The first-order chi connectivity index (χ1) is 12.2. The Morgan fingerprint density at radius 1 is 0.680 bits per heavy atom. The number of hydrogen-bond acceptors (Lipinski definition) is 2. The van der Waals surface area contributed by atoms with Crippen LogP contribution < -0.4 is 4.90 Å². The molecular formula is C22H19NO2. The topological polar surface area (TPSA) is 37.4 Å². The van der Waals surface area contributed by atoms with E-state index < -0.39 is 0 Å². The second-order valence-corrected chi connectivity index (χ2v) is 7.27. The molecule has 3 aliphatic carbocycles. The molecule has 4 aliphatic rings. The van der Waals surface area contributed by atoms with Gasteiger partial charge < -0.3 is 0 Å². The van der Waals surface area contributed by atoms with Crippen LogP contribution in [0.25, 0.3) is 11.1 Å². The van der Waals surface area contributed by atoms with Crippen molar-refractivity contribution in [1.29, 1.82) is 0 Å². The molecule has 2 aromatic carbocycles. The van der Waals surface area contributed by atoms with Gasteiger partial charge >= 0.3 is 0 Å². The van der Waals surface area contributed by atoms with Crippen molar-refractivity contribution in [2.75, 3.05) is 4.90 Å². The van der Waals surface area contributed by atoms with Crippen LogP contribution >= 0.6 is 0 Å². The second-order valence-electron chi connectivity index (χ2n) is 7.27. The van der Waals surface area contributed by atoms with Crippen molar-refractivity contribution in [3.8, 4) is 11.1 Å². The predicted molar refractivity (Wildman–Crippen MR) is 96.7 cm³/mol. The minimum absolute atomic E-state index is 0.0125. The van der Waals surface area contributed by atoms with E-state index in [4.69, 9.17) is 0 Å². The fourth-order valence-electron chi connectivity index (χ4n) is 4.76. The van der Waals surface area contributed by atoms with Crippen molar-refractivity contribution in [1.82, 2.24) is 0 Å². The maximum atomic E-state index is 13.0. The molecule has 0 radical (unpaired) electrons. The van der Waals surface area contributed by atoms with Crippen LogP contribution in [0.4, 0.5) is 5.69 Å². The number of carbonyl (C=O) groups is 2. The van der Waals surface area contributed by atoms with Gasteiger partial charge in [0, 0.05) is 0 Å². The van der Waals surface area contributed by atoms with E-state index in [0.29, 0.717) is 5.69 Å². The van der Waals surface area contributed by atoms with Crippen molar-refractivity contribution < 1.29 is 9.59 Å². The number of carbonyl (C=O) groups excluding carboxylic acids is 2. The largest absolute Gasteiger partial charge is 0.274 e. The van der Waals surface area contributed by atoms with Gasteiger partial charge in [0.05, 0.1) is 17.5 Å². The van der Waals surface area contributed by atoms with Gasteiger partial charge in [0.25, 0.3) is 0 Å². The van der Waals surface area contributed by atoms with Crippen molar-refractivity contribution in [2.45, 2.75) is 12.8 Å². The van der Waals surface area contributed by atoms with Crippen LogP contribution in [-0.4, -0.2) is 11.8 Å². The molecule has 2 bridgehead atoms. The summed E-state index contributed by atoms with van der Waals surface area (Å²) in [5.41, 5.74) is 2.91. The minimum Gasteiger partial charge on any atom is -0.274 e. The molecule has 4 atom stereocenters. The Balaban J connectivity index is 1.48. The standard InChI is InChI=1S/C22H19NO2/c24-21-19-16-6-7-17(9-8-16)20(19)22(25)23(21)18-12-10-15(11-13-18)14-4-2-1-3-5-14/h1-7,10-13,16-17,19-20H,8-9H2/t16-,17-,19-,20-/m0/s1. The Morgan fingerprint density at radius 3 is 1.72 bits per heavy atom. The van der Waals surface area contributed by atoms with E-state index in [0.717, 1.165) is 24.0 Å². The SMILES string of the molecule is O=C1[C@@H]2[C@@H](C(=O)N1c1ccc(-c3ccccc3)cc1)[C@H]1C=C[C@H]2CC1. The summed E-state index contributed by atoms with van der Waals surface area (Å²) in [6, 6.07) is 17.9. The number of rotatable bonds is 2. The molecule has 0 unspecified atom stereocenters. The second kappa shape index (κ2) is 5.41. The van der Waals surface area contributed by atoms with E-state index in [1.807, 2.05) is 42.5 Å². The van der Waals surface area contributed by atoms with Crippen LogP contribution in [0.15, 0.2) is 66.7 Å². The molecular weight excluding hydrogens is 310 g/mol. The van der Waals surface area contributed by atoms with Gasteiger partial charge in [-0.1, -0.05) is 54.6 Å². The van der Waals surface area contributed by atoms with E-state index in [-0.39, 0.29) is 35.5 Å². The molecule has 0 spiro atoms. The van der Waals surface area contributed by atoms with Gasteiger partial charge in [0.1, 0.15) is 0 Å². The van der Waals surface area contributed by atoms with Crippen molar-refractivity contribution >= 4 is 17.5 Å². The van der Waals surface area contributed by atoms with Gasteiger partial charge in [-0.25, -0.2) is 0 Å². The van der Waals surface area contributed by atoms with Crippen LogP contribution in [0, 0.1) is 23.7 Å². The van der Waals surface area contributed by atoms with Gasteiger partial charge in [-0.2, -0.15) is 0 Å². The van der Waals surface area contributed by atoms with Crippen molar-refractivity contribution in [2.24, 2.45) is 23.7 Å². The number of amides is 2. The van der Waals surface area contributed by atoms with E-state index in [2.05, 4.69) is 24.3 Å². The normalized spacial score (nSPS) is 30.0. The molecule has 0 N–H and O–H groups in total. The zero-order valence-corrected chi connectivity index (χ0v) is 13.8. The van der Waals surface area contributed by atoms with Crippen LogP contribution in [0.5, 0.6) is 0 Å². The number of fused-ring (bicyclic) bond motifs is 1. The molecule has 3 heteroatoms. The molecule has 3 nitrogen and oxygen atoms in total. The molecule has 1 saturated carbocycles. The summed E-state index contributed by atoms with van der Waals surface area (Å²) >= 11 is 0. The van der Waals surface area contributed by atoms with Crippen LogP contribution in [-0.2, 0) is 9.59 Å². The molecule has 6 rings (SSSR count). The first-order valence-corrected chi connectivity index (χ1v) is 8.95. The third-order valence-electron chi connectivity index (χ3n) is 5.99. The summed E-state index contributed by atoms with van der Waals surface area (Å²) in [5.74, 6) is 0.151. The summed E-state index contributed by atoms with van der Waals surface area (Å²) in [6.45, 7) is 0. The average molecular weight is 329 g/mol. The Bertz CT molecular complexity index is 837. The van der Waals surface area contributed by atoms with E-state index in [1.54, 1.807) is 0 Å². The minimum atomic E-state index is -0.148. The Hall–Kier alpha value is -2.68. The van der Waals surface area contributed by atoms with Gasteiger partial charge in [-0.05, 0) is 47.9 Å². The summed E-state index contributed by atoms with van der Waals surface area (Å²) in [6.07, 6.45) is 6.37. The maximum Gasteiger partial charge on any atom is 0.238 e. The molecule has 25 heavy (non-hydrogen) atoms. The fraction of sp³-hybridized carbons (Fsp3) is 0.273. The van der Waals surface area contributed by atoms with E-state index in [1.165, 1.54) is 4.90 Å². The van der Waals surface area contributed by atoms with Crippen LogP contribution in [0.2, 0.25) is 0 Å². The highest BCUT2D eigenvalue weighted by Crippen LogP contribution is 2.50. The first-order valence-electron chi connectivity index (χ1n) is 8.95. The van der Waals surface area contributed by atoms with Gasteiger partial charge in [-0.15, -0.1) is 0 Å². The van der Waals surface area contributed by atoms with Crippen LogP contribution in [0.1, 0.15) is 12.8 Å². The van der Waals surface area contributed by atoms with Gasteiger partial charge in [0.15, 0.2) is 0 Å². The summed E-state index contributed by atoms with van der Waals surface area (Å²) in [7, 11) is 0. The highest BCUT2D eigenvalue weighted by molar-refractivity contribution is 6.22. The summed E-state index contributed by atoms with van der Waals surface area (Å²) < 4.78 is 0. The average Bonchev–Trinajstić information content (AvgIpc) is 2.97. The fourth-order valence-corrected chi connectivity index (χ4v) is 4.76. The zero-order chi connectivity index (χ0) is 17.0. The quantitative estimate of drug-likeness (QED) is 0.615. The number of allylic oxidation sites excluding steroid dienone is 2. The van der Waals surface area contributed by atoms with Crippen molar-refractivity contribution in [3.63, 3.8) is 0 Å². The number of benzene rings is 2. The summed E-state index contributed by atoms with van der Waals surface area (Å²) in [5, 5.41) is 0. The number of hydrogen-bond donors (Lipinski definition) is 0. The Morgan fingerprint density at radius 2 is 1.20 bits per heavy atom. The number of anilines is 1. The lowest BCUT2D eigenvalue weighted by molar-refractivity contribution is -0.124. The Kier molecular flexibility index (Phi) is 3.17. The lowest BCUT2D eigenvalue weighted by Crippen LogP contribution is -2.38. The monoisotopic (exact) mass is 329 g/mol. The van der Waals surface area contributed by atoms with Gasteiger partial charge in [0.2, 0.25) is 11.8 Å². The lowest BCUT2D eigenvalue weighted by Gasteiger charge is -2.38. The smallest absolute Gasteiger partial charge is 0.238 e. The lowest BCUT2D eigenvalue weighted by atomic mass is 9.63. The molecule has 124 valence electrons.